The van der Waals surface area contributed by atoms with E-state index in [0.29, 0.717) is 11.5 Å². The van der Waals surface area contributed by atoms with Crippen LogP contribution in [-0.2, 0) is 0 Å². The van der Waals surface area contributed by atoms with Crippen molar-refractivity contribution in [3.8, 4) is 5.69 Å². The molecular weight excluding hydrogens is 378 g/mol. The van der Waals surface area contributed by atoms with E-state index in [2.05, 4.69) is 25.9 Å². The maximum absolute atomic E-state index is 12.8. The number of benzene rings is 1. The molecule has 0 radical (unpaired) electrons. The molecule has 1 atom stereocenters. The standard InChI is InChI=1S/C22H25N7O/c1-14(2)20(21-26-25-19-10-5-6-11-28(19)21)24-22(30)23-17-8-7-9-18(13-17)29-16(4)12-15(3)27-29/h5-14,20H,1-4H3,(H2,23,24,30). The van der Waals surface area contributed by atoms with Crippen LogP contribution in [0.3, 0.4) is 0 Å². The number of nitrogens with zero attached hydrogens (tertiary/aromatic N) is 5. The molecule has 0 saturated heterocycles. The quantitative estimate of drug-likeness (QED) is 0.526. The first-order valence-electron chi connectivity index (χ1n) is 9.93. The Morgan fingerprint density at radius 3 is 2.60 bits per heavy atom. The third kappa shape index (κ3) is 3.89. The summed E-state index contributed by atoms with van der Waals surface area (Å²) in [6.45, 7) is 8.04. The first kappa shape index (κ1) is 19.6. The Kier molecular flexibility index (Phi) is 5.22. The van der Waals surface area contributed by atoms with Gasteiger partial charge in [-0.3, -0.25) is 4.40 Å². The SMILES string of the molecule is Cc1cc(C)n(-c2cccc(NC(=O)NC(c3nnc4ccccn34)C(C)C)c2)n1. The number of urea groups is 1. The van der Waals surface area contributed by atoms with Crippen molar-refractivity contribution >= 4 is 17.4 Å². The van der Waals surface area contributed by atoms with Crippen molar-refractivity contribution < 1.29 is 4.79 Å². The summed E-state index contributed by atoms with van der Waals surface area (Å²) in [7, 11) is 0. The van der Waals surface area contributed by atoms with E-state index in [0.717, 1.165) is 22.7 Å². The molecule has 154 valence electrons. The zero-order valence-electron chi connectivity index (χ0n) is 17.5. The maximum Gasteiger partial charge on any atom is 0.319 e. The van der Waals surface area contributed by atoms with E-state index in [4.69, 9.17) is 0 Å². The Balaban J connectivity index is 1.53. The number of nitrogens with one attached hydrogen (secondary N) is 2. The molecule has 30 heavy (non-hydrogen) atoms. The van der Waals surface area contributed by atoms with Crippen LogP contribution in [0.5, 0.6) is 0 Å². The molecule has 2 amide bonds. The van der Waals surface area contributed by atoms with Gasteiger partial charge in [-0.1, -0.05) is 26.0 Å². The molecule has 0 aliphatic rings. The zero-order valence-corrected chi connectivity index (χ0v) is 17.5. The Labute approximate surface area is 174 Å². The van der Waals surface area contributed by atoms with Gasteiger partial charge in [0.2, 0.25) is 0 Å². The number of aryl methyl sites for hydroxylation is 2. The first-order valence-corrected chi connectivity index (χ1v) is 9.93. The second-order valence-electron chi connectivity index (χ2n) is 7.70. The van der Waals surface area contributed by atoms with Crippen molar-refractivity contribution in [2.75, 3.05) is 5.32 Å². The highest BCUT2D eigenvalue weighted by molar-refractivity contribution is 5.89. The van der Waals surface area contributed by atoms with E-state index in [1.807, 2.05) is 91.5 Å². The number of amides is 2. The fraction of sp³-hybridized carbons (Fsp3) is 0.273. The van der Waals surface area contributed by atoms with Crippen molar-refractivity contribution in [3.05, 3.63) is 71.9 Å². The van der Waals surface area contributed by atoms with Crippen molar-refractivity contribution in [1.82, 2.24) is 29.7 Å². The van der Waals surface area contributed by atoms with Gasteiger partial charge in [0.05, 0.1) is 17.4 Å². The maximum atomic E-state index is 12.8. The number of hydrogen-bond donors (Lipinski definition) is 2. The average molecular weight is 403 g/mol. The summed E-state index contributed by atoms with van der Waals surface area (Å²) in [5, 5.41) is 19.0. The summed E-state index contributed by atoms with van der Waals surface area (Å²) in [4.78, 5) is 12.8. The number of fused-ring (bicyclic) bond motifs is 1. The van der Waals surface area contributed by atoms with Crippen LogP contribution in [0, 0.1) is 19.8 Å². The topological polar surface area (TPSA) is 89.1 Å². The molecule has 3 heterocycles. The Morgan fingerprint density at radius 1 is 1.03 bits per heavy atom. The summed E-state index contributed by atoms with van der Waals surface area (Å²) >= 11 is 0. The number of aromatic nitrogens is 5. The predicted octanol–water partition coefficient (Wildman–Crippen LogP) is 4.05. The lowest BCUT2D eigenvalue weighted by Gasteiger charge is -2.21. The second-order valence-corrected chi connectivity index (χ2v) is 7.70. The normalized spacial score (nSPS) is 12.3. The highest BCUT2D eigenvalue weighted by Crippen LogP contribution is 2.22. The highest BCUT2D eigenvalue weighted by atomic mass is 16.2. The molecule has 0 aliphatic heterocycles. The van der Waals surface area contributed by atoms with E-state index in [1.54, 1.807) is 0 Å². The van der Waals surface area contributed by atoms with Gasteiger partial charge < -0.3 is 10.6 Å². The van der Waals surface area contributed by atoms with Crippen molar-refractivity contribution in [2.24, 2.45) is 5.92 Å². The lowest BCUT2D eigenvalue weighted by atomic mass is 10.0. The number of pyridine rings is 1. The van der Waals surface area contributed by atoms with Crippen LogP contribution in [0.4, 0.5) is 10.5 Å². The van der Waals surface area contributed by atoms with E-state index in [1.165, 1.54) is 0 Å². The molecule has 3 aromatic heterocycles. The highest BCUT2D eigenvalue weighted by Gasteiger charge is 2.23. The molecule has 1 aromatic carbocycles. The van der Waals surface area contributed by atoms with E-state index in [9.17, 15) is 4.79 Å². The third-order valence-electron chi connectivity index (χ3n) is 4.93. The minimum absolute atomic E-state index is 0.129. The van der Waals surface area contributed by atoms with Gasteiger partial charge in [-0.15, -0.1) is 10.2 Å². The number of carbonyl (C=O) groups excluding carboxylic acids is 1. The monoisotopic (exact) mass is 403 g/mol. The summed E-state index contributed by atoms with van der Waals surface area (Å²) in [5.74, 6) is 0.830. The molecule has 8 heteroatoms. The van der Waals surface area contributed by atoms with E-state index in [-0.39, 0.29) is 18.0 Å². The number of anilines is 1. The molecule has 4 rings (SSSR count). The molecule has 0 aliphatic carbocycles. The molecule has 0 saturated carbocycles. The Hall–Kier alpha value is -3.68. The van der Waals surface area contributed by atoms with E-state index >= 15 is 0 Å². The zero-order chi connectivity index (χ0) is 21.3. The van der Waals surface area contributed by atoms with Crippen LogP contribution in [0.2, 0.25) is 0 Å². The number of rotatable bonds is 5. The van der Waals surface area contributed by atoms with Crippen LogP contribution in [0.15, 0.2) is 54.7 Å². The van der Waals surface area contributed by atoms with Gasteiger partial charge in [-0.05, 0) is 56.2 Å². The van der Waals surface area contributed by atoms with Crippen molar-refractivity contribution in [1.29, 1.82) is 0 Å². The third-order valence-corrected chi connectivity index (χ3v) is 4.93. The van der Waals surface area contributed by atoms with Gasteiger partial charge in [-0.25, -0.2) is 9.48 Å². The summed E-state index contributed by atoms with van der Waals surface area (Å²) in [6.07, 6.45) is 1.90. The van der Waals surface area contributed by atoms with Gasteiger partial charge in [0.15, 0.2) is 11.5 Å². The lowest BCUT2D eigenvalue weighted by Crippen LogP contribution is -2.36. The van der Waals surface area contributed by atoms with Gasteiger partial charge in [-0.2, -0.15) is 5.10 Å². The van der Waals surface area contributed by atoms with Gasteiger partial charge in [0.25, 0.3) is 0 Å². The smallest absolute Gasteiger partial charge is 0.319 e. The molecule has 8 nitrogen and oxygen atoms in total. The molecule has 0 bridgehead atoms. The largest absolute Gasteiger partial charge is 0.328 e. The van der Waals surface area contributed by atoms with Gasteiger partial charge >= 0.3 is 6.03 Å². The van der Waals surface area contributed by atoms with Crippen molar-refractivity contribution in [3.63, 3.8) is 0 Å². The summed E-state index contributed by atoms with van der Waals surface area (Å²) in [5.41, 5.74) is 4.31. The Morgan fingerprint density at radius 2 is 1.87 bits per heavy atom. The van der Waals surface area contributed by atoms with Crippen molar-refractivity contribution in [2.45, 2.75) is 33.7 Å². The molecular formula is C22H25N7O. The van der Waals surface area contributed by atoms with Crippen LogP contribution in [0.25, 0.3) is 11.3 Å². The molecule has 0 spiro atoms. The number of carbonyl (C=O) groups is 1. The van der Waals surface area contributed by atoms with Gasteiger partial charge in [0, 0.05) is 17.6 Å². The second kappa shape index (κ2) is 7.98. The Bertz CT molecular complexity index is 1190. The molecule has 1 unspecified atom stereocenters. The molecule has 4 aromatic rings. The van der Waals surface area contributed by atoms with Crippen LogP contribution in [0.1, 0.15) is 37.1 Å². The van der Waals surface area contributed by atoms with Gasteiger partial charge in [0.1, 0.15) is 0 Å². The minimum Gasteiger partial charge on any atom is -0.328 e. The summed E-state index contributed by atoms with van der Waals surface area (Å²) in [6, 6.07) is 14.8. The fourth-order valence-electron chi connectivity index (χ4n) is 3.52. The molecule has 0 fully saturated rings. The predicted molar refractivity (Wildman–Crippen MR) is 116 cm³/mol. The fourth-order valence-corrected chi connectivity index (χ4v) is 3.52. The van der Waals surface area contributed by atoms with Crippen LogP contribution >= 0.6 is 0 Å². The lowest BCUT2D eigenvalue weighted by molar-refractivity contribution is 0.243. The minimum atomic E-state index is -0.299. The number of hydrogen-bond acceptors (Lipinski definition) is 4. The van der Waals surface area contributed by atoms with E-state index < -0.39 is 0 Å². The molecule has 2 N–H and O–H groups in total. The first-order chi connectivity index (χ1) is 14.4. The average Bonchev–Trinajstić information content (AvgIpc) is 3.28. The van der Waals surface area contributed by atoms with Crippen LogP contribution in [-0.4, -0.2) is 30.4 Å². The van der Waals surface area contributed by atoms with Crippen LogP contribution < -0.4 is 10.6 Å². The summed E-state index contributed by atoms with van der Waals surface area (Å²) < 4.78 is 3.76.